The van der Waals surface area contributed by atoms with Crippen LogP contribution in [0, 0.1) is 13.8 Å². The molecule has 0 aliphatic rings. The van der Waals surface area contributed by atoms with Gasteiger partial charge in [0.25, 0.3) is 5.91 Å². The molecule has 0 aliphatic carbocycles. The van der Waals surface area contributed by atoms with E-state index in [1.165, 1.54) is 11.3 Å². The number of nitrogens with zero attached hydrogens (tertiary/aromatic N) is 2. The Balaban J connectivity index is 2.02. The fraction of sp³-hybridized carbons (Fsp3) is 0.438. The molecule has 1 atom stereocenters. The lowest BCUT2D eigenvalue weighted by Gasteiger charge is -2.17. The molecule has 0 aliphatic heterocycles. The average Bonchev–Trinajstić information content (AvgIpc) is 2.91. The van der Waals surface area contributed by atoms with Crippen LogP contribution in [0.1, 0.15) is 31.4 Å². The van der Waals surface area contributed by atoms with Crippen molar-refractivity contribution >= 4 is 34.1 Å². The van der Waals surface area contributed by atoms with Crippen molar-refractivity contribution in [2.24, 2.45) is 0 Å². The van der Waals surface area contributed by atoms with Gasteiger partial charge in [0.2, 0.25) is 5.13 Å². The summed E-state index contributed by atoms with van der Waals surface area (Å²) < 4.78 is 6.71. The molecule has 0 spiro atoms. The quantitative estimate of drug-likeness (QED) is 0.602. The van der Waals surface area contributed by atoms with Crippen molar-refractivity contribution < 1.29 is 9.53 Å². The third-order valence-electron chi connectivity index (χ3n) is 3.04. The number of thioether (sulfide) groups is 1. The minimum absolute atomic E-state index is 0.198. The molecule has 1 amide bonds. The molecule has 1 aromatic heterocycles. The van der Waals surface area contributed by atoms with Crippen molar-refractivity contribution in [2.75, 3.05) is 11.1 Å². The average molecular weight is 351 g/mol. The fourth-order valence-corrected chi connectivity index (χ4v) is 3.77. The van der Waals surface area contributed by atoms with Gasteiger partial charge in [0.1, 0.15) is 5.75 Å². The Morgan fingerprint density at radius 1 is 1.26 bits per heavy atom. The fourth-order valence-electron chi connectivity index (χ4n) is 2.12. The third kappa shape index (κ3) is 5.21. The summed E-state index contributed by atoms with van der Waals surface area (Å²) in [5, 5.41) is 11.3. The van der Waals surface area contributed by atoms with Crippen molar-refractivity contribution in [3.63, 3.8) is 0 Å². The summed E-state index contributed by atoms with van der Waals surface area (Å²) in [6, 6.07) is 5.94. The number of anilines is 1. The lowest BCUT2D eigenvalue weighted by molar-refractivity contribution is -0.122. The molecule has 1 heterocycles. The highest BCUT2D eigenvalue weighted by Crippen LogP contribution is 2.25. The first kappa shape index (κ1) is 17.7. The molecular weight excluding hydrogens is 330 g/mol. The maximum absolute atomic E-state index is 12.4. The number of aryl methyl sites for hydroxylation is 2. The SMILES string of the molecule is CCSc1nnc(NC(=O)[C@H](CC)Oc2cc(C)cc(C)c2)s1. The molecule has 2 rings (SSSR count). The largest absolute Gasteiger partial charge is 0.481 e. The molecule has 0 fully saturated rings. The van der Waals surface area contributed by atoms with Crippen molar-refractivity contribution in [3.05, 3.63) is 29.3 Å². The predicted octanol–water partition coefficient (Wildman–Crippen LogP) is 4.06. The van der Waals surface area contributed by atoms with Gasteiger partial charge < -0.3 is 4.74 Å². The molecular formula is C16H21N3O2S2. The molecule has 0 saturated heterocycles. The third-order valence-corrected chi connectivity index (χ3v) is 4.90. The summed E-state index contributed by atoms with van der Waals surface area (Å²) in [7, 11) is 0. The Morgan fingerprint density at radius 3 is 2.57 bits per heavy atom. The molecule has 7 heteroatoms. The van der Waals surface area contributed by atoms with Gasteiger partial charge in [-0.1, -0.05) is 43.0 Å². The van der Waals surface area contributed by atoms with Gasteiger partial charge in [-0.3, -0.25) is 10.1 Å². The van der Waals surface area contributed by atoms with Gasteiger partial charge in [0.15, 0.2) is 10.4 Å². The molecule has 0 unspecified atom stereocenters. The molecule has 2 aromatic rings. The van der Waals surface area contributed by atoms with E-state index < -0.39 is 6.10 Å². The smallest absolute Gasteiger partial charge is 0.267 e. The van der Waals surface area contributed by atoms with Crippen LogP contribution in [-0.2, 0) is 4.79 Å². The molecule has 0 radical (unpaired) electrons. The van der Waals surface area contributed by atoms with E-state index in [0.717, 1.165) is 21.2 Å². The summed E-state index contributed by atoms with van der Waals surface area (Å²) in [6.07, 6.45) is 0.0242. The zero-order chi connectivity index (χ0) is 16.8. The summed E-state index contributed by atoms with van der Waals surface area (Å²) in [5.74, 6) is 1.44. The highest BCUT2D eigenvalue weighted by atomic mass is 32.2. The van der Waals surface area contributed by atoms with Gasteiger partial charge in [-0.05, 0) is 49.3 Å². The molecule has 0 saturated carbocycles. The van der Waals surface area contributed by atoms with Gasteiger partial charge >= 0.3 is 0 Å². The summed E-state index contributed by atoms with van der Waals surface area (Å²) in [4.78, 5) is 12.4. The van der Waals surface area contributed by atoms with E-state index in [4.69, 9.17) is 4.74 Å². The van der Waals surface area contributed by atoms with E-state index in [-0.39, 0.29) is 5.91 Å². The van der Waals surface area contributed by atoms with Crippen LogP contribution >= 0.6 is 23.1 Å². The van der Waals surface area contributed by atoms with E-state index in [1.54, 1.807) is 11.8 Å². The molecule has 1 aromatic carbocycles. The Morgan fingerprint density at radius 2 is 1.96 bits per heavy atom. The van der Waals surface area contributed by atoms with Crippen LogP contribution in [0.2, 0.25) is 0 Å². The molecule has 23 heavy (non-hydrogen) atoms. The maximum Gasteiger partial charge on any atom is 0.267 e. The number of carbonyl (C=O) groups is 1. The van der Waals surface area contributed by atoms with Crippen LogP contribution < -0.4 is 10.1 Å². The standard InChI is InChI=1S/C16H21N3O2S2/c1-5-13(21-12-8-10(3)7-11(4)9-12)14(20)17-15-18-19-16(23-15)22-6-2/h7-9,13H,5-6H2,1-4H3,(H,17,18,20)/t13-/m0/s1. The first-order valence-corrected chi connectivity index (χ1v) is 9.34. The van der Waals surface area contributed by atoms with Crippen LogP contribution in [-0.4, -0.2) is 28.0 Å². The second kappa shape index (κ2) is 8.31. The number of hydrogen-bond donors (Lipinski definition) is 1. The first-order valence-electron chi connectivity index (χ1n) is 7.54. The number of amides is 1. The van der Waals surface area contributed by atoms with Crippen LogP contribution in [0.25, 0.3) is 0 Å². The van der Waals surface area contributed by atoms with Gasteiger partial charge in [0, 0.05) is 0 Å². The van der Waals surface area contributed by atoms with Crippen molar-refractivity contribution in [1.29, 1.82) is 0 Å². The normalized spacial score (nSPS) is 12.0. The molecule has 1 N–H and O–H groups in total. The minimum Gasteiger partial charge on any atom is -0.481 e. The van der Waals surface area contributed by atoms with Crippen LogP contribution in [0.5, 0.6) is 5.75 Å². The summed E-state index contributed by atoms with van der Waals surface area (Å²) in [5.41, 5.74) is 2.22. The van der Waals surface area contributed by atoms with Crippen molar-refractivity contribution in [2.45, 2.75) is 44.6 Å². The van der Waals surface area contributed by atoms with Gasteiger partial charge in [-0.2, -0.15) is 0 Å². The van der Waals surface area contributed by atoms with Crippen molar-refractivity contribution in [3.8, 4) is 5.75 Å². The Kier molecular flexibility index (Phi) is 6.41. The van der Waals surface area contributed by atoms with Crippen LogP contribution in [0.3, 0.4) is 0 Å². The molecule has 0 bridgehead atoms. The Bertz CT molecular complexity index is 653. The molecule has 5 nitrogen and oxygen atoms in total. The summed E-state index contributed by atoms with van der Waals surface area (Å²) >= 11 is 2.98. The van der Waals surface area contributed by atoms with Gasteiger partial charge in [0.05, 0.1) is 0 Å². The van der Waals surface area contributed by atoms with Crippen LogP contribution in [0.4, 0.5) is 5.13 Å². The maximum atomic E-state index is 12.4. The van der Waals surface area contributed by atoms with Gasteiger partial charge in [-0.15, -0.1) is 10.2 Å². The Labute approximate surface area is 144 Å². The predicted molar refractivity (Wildman–Crippen MR) is 95.6 cm³/mol. The van der Waals surface area contributed by atoms with E-state index in [1.807, 2.05) is 32.9 Å². The van der Waals surface area contributed by atoms with Gasteiger partial charge in [-0.25, -0.2) is 0 Å². The Hall–Kier alpha value is -1.60. The number of hydrogen-bond acceptors (Lipinski definition) is 6. The second-order valence-corrected chi connectivity index (χ2v) is 7.62. The van der Waals surface area contributed by atoms with Crippen molar-refractivity contribution in [1.82, 2.24) is 10.2 Å². The monoisotopic (exact) mass is 351 g/mol. The van der Waals surface area contributed by atoms with Crippen LogP contribution in [0.15, 0.2) is 22.5 Å². The number of benzene rings is 1. The van der Waals surface area contributed by atoms with E-state index in [2.05, 4.69) is 28.5 Å². The lowest BCUT2D eigenvalue weighted by Crippen LogP contribution is -2.32. The highest BCUT2D eigenvalue weighted by Gasteiger charge is 2.20. The zero-order valence-electron chi connectivity index (χ0n) is 13.8. The number of nitrogens with one attached hydrogen (secondary N) is 1. The summed E-state index contributed by atoms with van der Waals surface area (Å²) in [6.45, 7) is 7.99. The number of carbonyl (C=O) groups excluding carboxylic acids is 1. The highest BCUT2D eigenvalue weighted by molar-refractivity contribution is 8.01. The number of ether oxygens (including phenoxy) is 1. The zero-order valence-corrected chi connectivity index (χ0v) is 15.4. The molecule has 124 valence electrons. The van der Waals surface area contributed by atoms with E-state index in [0.29, 0.717) is 17.3 Å². The van der Waals surface area contributed by atoms with E-state index >= 15 is 0 Å². The number of aromatic nitrogens is 2. The lowest BCUT2D eigenvalue weighted by atomic mass is 10.1. The second-order valence-electron chi connectivity index (χ2n) is 5.13. The minimum atomic E-state index is -0.553. The first-order chi connectivity index (χ1) is 11.0. The van der Waals surface area contributed by atoms with E-state index in [9.17, 15) is 4.79 Å². The topological polar surface area (TPSA) is 64.1 Å². The number of rotatable bonds is 7.